The van der Waals surface area contributed by atoms with Crippen molar-refractivity contribution in [3.05, 3.63) is 22.7 Å². The summed E-state index contributed by atoms with van der Waals surface area (Å²) in [4.78, 5) is 11.9. The summed E-state index contributed by atoms with van der Waals surface area (Å²) in [5, 5.41) is 2.92. The molecule has 1 amide bonds. The summed E-state index contributed by atoms with van der Waals surface area (Å²) in [6.45, 7) is 5.81. The summed E-state index contributed by atoms with van der Waals surface area (Å²) in [5.41, 5.74) is 6.35. The molecule has 1 aromatic carbocycles. The first-order valence-corrected chi connectivity index (χ1v) is 7.26. The molecule has 0 heterocycles. The van der Waals surface area contributed by atoms with E-state index in [1.807, 2.05) is 6.92 Å². The van der Waals surface area contributed by atoms with Crippen molar-refractivity contribution >= 4 is 27.5 Å². The number of halogens is 1. The number of carbonyl (C=O) groups is 1. The number of carbonyl (C=O) groups excluding carboxylic acids is 1. The van der Waals surface area contributed by atoms with Gasteiger partial charge < -0.3 is 15.8 Å². The molecule has 2 atom stereocenters. The second-order valence-corrected chi connectivity index (χ2v) is 5.41. The van der Waals surface area contributed by atoms with E-state index in [0.717, 1.165) is 12.8 Å². The Morgan fingerprint density at radius 1 is 1.47 bits per heavy atom. The first-order chi connectivity index (χ1) is 8.95. The van der Waals surface area contributed by atoms with Gasteiger partial charge in [0.25, 0.3) is 5.91 Å². The topological polar surface area (TPSA) is 64.3 Å². The Balaban J connectivity index is 2.61. The smallest absolute Gasteiger partial charge is 0.260 e. The van der Waals surface area contributed by atoms with Gasteiger partial charge in [-0.3, -0.25) is 4.79 Å². The molecular formula is C14H21BrN2O2. The average Bonchev–Trinajstić information content (AvgIpc) is 2.35. The molecular weight excluding hydrogens is 308 g/mol. The number of ether oxygens (including phenoxy) is 1. The van der Waals surface area contributed by atoms with Crippen molar-refractivity contribution in [2.75, 3.05) is 5.73 Å². The van der Waals surface area contributed by atoms with Crippen molar-refractivity contribution in [2.24, 2.45) is 0 Å². The lowest BCUT2D eigenvalue weighted by Crippen LogP contribution is -2.41. The lowest BCUT2D eigenvalue weighted by molar-refractivity contribution is -0.127. The number of hydrogen-bond donors (Lipinski definition) is 2. The molecule has 0 spiro atoms. The van der Waals surface area contributed by atoms with Gasteiger partial charge in [0, 0.05) is 11.7 Å². The minimum atomic E-state index is -0.558. The lowest BCUT2D eigenvalue weighted by atomic mass is 10.2. The fourth-order valence-corrected chi connectivity index (χ4v) is 2.09. The molecule has 3 N–H and O–H groups in total. The first-order valence-electron chi connectivity index (χ1n) is 6.46. The van der Waals surface area contributed by atoms with Crippen LogP contribution in [-0.4, -0.2) is 18.1 Å². The van der Waals surface area contributed by atoms with Gasteiger partial charge >= 0.3 is 0 Å². The van der Waals surface area contributed by atoms with E-state index < -0.39 is 6.10 Å². The van der Waals surface area contributed by atoms with Gasteiger partial charge in [-0.2, -0.15) is 0 Å². The van der Waals surface area contributed by atoms with E-state index >= 15 is 0 Å². The van der Waals surface area contributed by atoms with E-state index in [-0.39, 0.29) is 11.9 Å². The zero-order chi connectivity index (χ0) is 14.4. The molecule has 0 saturated carbocycles. The van der Waals surface area contributed by atoms with Gasteiger partial charge in [-0.05, 0) is 48.3 Å². The molecule has 0 aliphatic rings. The molecule has 0 aliphatic heterocycles. The van der Waals surface area contributed by atoms with Crippen LogP contribution in [0.3, 0.4) is 0 Å². The Hall–Kier alpha value is -1.23. The van der Waals surface area contributed by atoms with Crippen LogP contribution in [0.1, 0.15) is 33.6 Å². The molecule has 19 heavy (non-hydrogen) atoms. The van der Waals surface area contributed by atoms with Crippen molar-refractivity contribution in [3.63, 3.8) is 0 Å². The normalized spacial score (nSPS) is 13.7. The van der Waals surface area contributed by atoms with Crippen molar-refractivity contribution in [1.82, 2.24) is 5.32 Å². The molecule has 0 aromatic heterocycles. The van der Waals surface area contributed by atoms with Crippen LogP contribution in [0.4, 0.5) is 5.69 Å². The van der Waals surface area contributed by atoms with Crippen LogP contribution in [0.15, 0.2) is 22.7 Å². The van der Waals surface area contributed by atoms with Crippen LogP contribution in [-0.2, 0) is 4.79 Å². The number of nitrogens with two attached hydrogens (primary N) is 1. The first kappa shape index (κ1) is 15.8. The minimum absolute atomic E-state index is 0.115. The number of anilines is 1. The lowest BCUT2D eigenvalue weighted by Gasteiger charge is -2.19. The largest absolute Gasteiger partial charge is 0.480 e. The molecule has 1 aromatic rings. The van der Waals surface area contributed by atoms with Crippen molar-refractivity contribution in [3.8, 4) is 5.75 Å². The summed E-state index contributed by atoms with van der Waals surface area (Å²) in [5.74, 6) is 0.459. The van der Waals surface area contributed by atoms with E-state index in [0.29, 0.717) is 15.9 Å². The standard InChI is InChI=1S/C14H21BrN2O2/c1-4-6-9(2)17-14(18)10(3)19-12-8-5-7-11(16)13(12)15/h5,7-10H,4,6,16H2,1-3H3,(H,17,18). The molecule has 4 nitrogen and oxygen atoms in total. The predicted molar refractivity (Wildman–Crippen MR) is 81.2 cm³/mol. The number of rotatable bonds is 6. The summed E-state index contributed by atoms with van der Waals surface area (Å²) >= 11 is 3.35. The fraction of sp³-hybridized carbons (Fsp3) is 0.500. The molecule has 0 saturated heterocycles. The van der Waals surface area contributed by atoms with Gasteiger partial charge in [-0.25, -0.2) is 0 Å². The second-order valence-electron chi connectivity index (χ2n) is 4.62. The third-order valence-corrected chi connectivity index (χ3v) is 3.63. The maximum absolute atomic E-state index is 11.9. The van der Waals surface area contributed by atoms with Gasteiger partial charge in [0.15, 0.2) is 6.10 Å². The Morgan fingerprint density at radius 2 is 2.16 bits per heavy atom. The van der Waals surface area contributed by atoms with Crippen LogP contribution in [0.25, 0.3) is 0 Å². The van der Waals surface area contributed by atoms with Gasteiger partial charge in [0.2, 0.25) is 0 Å². The van der Waals surface area contributed by atoms with E-state index in [4.69, 9.17) is 10.5 Å². The van der Waals surface area contributed by atoms with Crippen LogP contribution < -0.4 is 15.8 Å². The molecule has 0 bridgehead atoms. The number of benzene rings is 1. The van der Waals surface area contributed by atoms with E-state index in [1.54, 1.807) is 25.1 Å². The molecule has 106 valence electrons. The van der Waals surface area contributed by atoms with Gasteiger partial charge in [-0.1, -0.05) is 19.4 Å². The molecule has 0 aliphatic carbocycles. The summed E-state index contributed by atoms with van der Waals surface area (Å²) in [7, 11) is 0. The van der Waals surface area contributed by atoms with Crippen LogP contribution in [0, 0.1) is 0 Å². The molecule has 5 heteroatoms. The quantitative estimate of drug-likeness (QED) is 0.788. The highest BCUT2D eigenvalue weighted by Crippen LogP contribution is 2.30. The number of nitrogens with one attached hydrogen (secondary N) is 1. The molecule has 0 fully saturated rings. The molecule has 0 radical (unpaired) electrons. The summed E-state index contributed by atoms with van der Waals surface area (Å²) < 4.78 is 6.30. The number of hydrogen-bond acceptors (Lipinski definition) is 3. The predicted octanol–water partition coefficient (Wildman–Crippen LogP) is 3.10. The van der Waals surface area contributed by atoms with Gasteiger partial charge in [0.05, 0.1) is 4.47 Å². The van der Waals surface area contributed by atoms with E-state index in [2.05, 4.69) is 28.2 Å². The SMILES string of the molecule is CCCC(C)NC(=O)C(C)Oc1cccc(N)c1Br. The van der Waals surface area contributed by atoms with Gasteiger partial charge in [-0.15, -0.1) is 0 Å². The third-order valence-electron chi connectivity index (χ3n) is 2.78. The third kappa shape index (κ3) is 4.74. The van der Waals surface area contributed by atoms with Crippen LogP contribution >= 0.6 is 15.9 Å². The van der Waals surface area contributed by atoms with Crippen LogP contribution in [0.2, 0.25) is 0 Å². The highest BCUT2D eigenvalue weighted by molar-refractivity contribution is 9.10. The second kappa shape index (κ2) is 7.38. The van der Waals surface area contributed by atoms with E-state index in [9.17, 15) is 4.79 Å². The number of nitrogen functional groups attached to an aromatic ring is 1. The van der Waals surface area contributed by atoms with Crippen molar-refractivity contribution in [2.45, 2.75) is 45.8 Å². The zero-order valence-corrected chi connectivity index (χ0v) is 13.2. The average molecular weight is 329 g/mol. The Kier molecular flexibility index (Phi) is 6.15. The minimum Gasteiger partial charge on any atom is -0.480 e. The zero-order valence-electron chi connectivity index (χ0n) is 11.6. The fourth-order valence-electron chi connectivity index (χ4n) is 1.73. The highest BCUT2D eigenvalue weighted by atomic mass is 79.9. The van der Waals surface area contributed by atoms with Crippen LogP contribution in [0.5, 0.6) is 5.75 Å². The Labute approximate surface area is 122 Å². The maximum atomic E-state index is 11.9. The Morgan fingerprint density at radius 3 is 2.79 bits per heavy atom. The number of amides is 1. The van der Waals surface area contributed by atoms with Gasteiger partial charge in [0.1, 0.15) is 5.75 Å². The summed E-state index contributed by atoms with van der Waals surface area (Å²) in [6.07, 6.45) is 1.44. The monoisotopic (exact) mass is 328 g/mol. The van der Waals surface area contributed by atoms with Crippen molar-refractivity contribution < 1.29 is 9.53 Å². The molecule has 2 unspecified atom stereocenters. The summed E-state index contributed by atoms with van der Waals surface area (Å²) in [6, 6.07) is 5.50. The van der Waals surface area contributed by atoms with E-state index in [1.165, 1.54) is 0 Å². The Bertz CT molecular complexity index is 437. The van der Waals surface area contributed by atoms with Crippen molar-refractivity contribution in [1.29, 1.82) is 0 Å². The maximum Gasteiger partial charge on any atom is 0.260 e. The molecule has 1 rings (SSSR count). The highest BCUT2D eigenvalue weighted by Gasteiger charge is 2.18.